The summed E-state index contributed by atoms with van der Waals surface area (Å²) in [6.45, 7) is -0.685. The van der Waals surface area contributed by atoms with Crippen molar-refractivity contribution in [2.75, 3.05) is 13.1 Å². The molecule has 0 saturated carbocycles. The molecule has 3 amide bonds. The Hall–Kier alpha value is -2.03. The summed E-state index contributed by atoms with van der Waals surface area (Å²) >= 11 is 0. The average Bonchev–Trinajstić information content (AvgIpc) is 2.88. The summed E-state index contributed by atoms with van der Waals surface area (Å²) < 4.78 is 0. The molecule has 0 radical (unpaired) electrons. The van der Waals surface area contributed by atoms with E-state index in [1.165, 1.54) is 6.08 Å². The molecule has 0 aromatic rings. The van der Waals surface area contributed by atoms with Gasteiger partial charge in [0.15, 0.2) is 0 Å². The predicted molar refractivity (Wildman–Crippen MR) is 64.7 cm³/mol. The first kappa shape index (κ1) is 14.4. The van der Waals surface area contributed by atoms with Crippen molar-refractivity contribution in [1.82, 2.24) is 9.80 Å². The molecule has 2 aliphatic heterocycles. The summed E-state index contributed by atoms with van der Waals surface area (Å²) in [4.78, 5) is 35.7. The fourth-order valence-electron chi connectivity index (χ4n) is 1.94. The Morgan fingerprint density at radius 2 is 1.50 bits per heavy atom. The zero-order chi connectivity index (χ0) is 14.9. The zero-order valence-corrected chi connectivity index (χ0v) is 10.4. The Morgan fingerprint density at radius 1 is 0.950 bits per heavy atom. The number of carbonyl (C=O) groups excluding carboxylic acids is 3. The molecule has 0 fully saturated rings. The number of carbonyl (C=O) groups is 3. The first-order chi connectivity index (χ1) is 9.40. The molecule has 0 saturated heterocycles. The van der Waals surface area contributed by atoms with E-state index >= 15 is 0 Å². The van der Waals surface area contributed by atoms with E-state index in [1.807, 2.05) is 0 Å². The van der Waals surface area contributed by atoms with Crippen LogP contribution in [0.25, 0.3) is 0 Å². The monoisotopic (exact) mass is 282 g/mol. The van der Waals surface area contributed by atoms with E-state index in [0.29, 0.717) is 0 Å². The molecule has 2 heterocycles. The number of amides is 3. The second-order valence-corrected chi connectivity index (χ2v) is 4.52. The predicted octanol–water partition coefficient (Wildman–Crippen LogP) is -2.65. The summed E-state index contributed by atoms with van der Waals surface area (Å²) in [5.41, 5.74) is 0. The fourth-order valence-corrected chi connectivity index (χ4v) is 1.94. The van der Waals surface area contributed by atoms with Crippen LogP contribution in [-0.2, 0) is 14.4 Å². The van der Waals surface area contributed by atoms with Crippen molar-refractivity contribution in [1.29, 1.82) is 0 Å². The Morgan fingerprint density at radius 3 is 2.00 bits per heavy atom. The van der Waals surface area contributed by atoms with Crippen molar-refractivity contribution < 1.29 is 29.7 Å². The fraction of sp³-hybridized carbons (Fsp3) is 0.417. The quantitative estimate of drug-likeness (QED) is 0.474. The number of aliphatic hydroxyl groups is 3. The lowest BCUT2D eigenvalue weighted by Crippen LogP contribution is -2.48. The Balaban J connectivity index is 1.89. The van der Waals surface area contributed by atoms with Crippen LogP contribution in [0.4, 0.5) is 0 Å². The van der Waals surface area contributed by atoms with Crippen molar-refractivity contribution in [3.05, 3.63) is 24.3 Å². The minimum atomic E-state index is -1.41. The second-order valence-electron chi connectivity index (χ2n) is 4.52. The molecule has 8 nitrogen and oxygen atoms in total. The van der Waals surface area contributed by atoms with E-state index < -0.39 is 36.2 Å². The lowest BCUT2D eigenvalue weighted by Gasteiger charge is -2.27. The highest BCUT2D eigenvalue weighted by Crippen LogP contribution is 2.12. The number of nitrogens with zero attached hydrogens (tertiary/aromatic N) is 2. The van der Waals surface area contributed by atoms with Crippen LogP contribution < -0.4 is 0 Å². The van der Waals surface area contributed by atoms with E-state index in [2.05, 4.69) is 0 Å². The van der Waals surface area contributed by atoms with Crippen LogP contribution in [0, 0.1) is 0 Å². The normalized spacial score (nSPS) is 24.9. The molecule has 2 aliphatic rings. The van der Waals surface area contributed by atoms with Gasteiger partial charge in [-0.25, -0.2) is 0 Å². The Bertz CT molecular complexity index is 482. The van der Waals surface area contributed by atoms with Crippen LogP contribution in [0.2, 0.25) is 0 Å². The highest BCUT2D eigenvalue weighted by molar-refractivity contribution is 6.12. The van der Waals surface area contributed by atoms with Gasteiger partial charge in [-0.3, -0.25) is 19.3 Å². The van der Waals surface area contributed by atoms with E-state index in [0.717, 1.165) is 28.0 Å². The van der Waals surface area contributed by atoms with E-state index in [4.69, 9.17) is 0 Å². The molecular formula is C12H14N2O6. The van der Waals surface area contributed by atoms with Crippen LogP contribution >= 0.6 is 0 Å². The summed E-state index contributed by atoms with van der Waals surface area (Å²) in [5, 5.41) is 29.0. The van der Waals surface area contributed by atoms with Gasteiger partial charge in [-0.05, 0) is 6.08 Å². The van der Waals surface area contributed by atoms with Gasteiger partial charge in [0.05, 0.1) is 25.3 Å². The lowest BCUT2D eigenvalue weighted by molar-refractivity contribution is -0.142. The van der Waals surface area contributed by atoms with E-state index in [1.54, 1.807) is 0 Å². The molecule has 0 bridgehead atoms. The number of hydrogen-bond acceptors (Lipinski definition) is 6. The van der Waals surface area contributed by atoms with Gasteiger partial charge in [-0.15, -0.1) is 0 Å². The summed E-state index contributed by atoms with van der Waals surface area (Å²) in [5.74, 6) is -1.63. The van der Waals surface area contributed by atoms with Gasteiger partial charge in [-0.1, -0.05) is 0 Å². The maximum absolute atomic E-state index is 11.3. The van der Waals surface area contributed by atoms with Gasteiger partial charge >= 0.3 is 0 Å². The second kappa shape index (κ2) is 5.53. The highest BCUT2D eigenvalue weighted by Gasteiger charge is 2.32. The number of imide groups is 1. The molecule has 8 heteroatoms. The maximum Gasteiger partial charge on any atom is 0.253 e. The van der Waals surface area contributed by atoms with Crippen molar-refractivity contribution in [3.63, 3.8) is 0 Å². The Labute approximate surface area is 114 Å². The molecule has 3 atom stereocenters. The number of β-amino-alcohol motifs (C(OH)–C–C–N with tert-alkyl or cyclic N) is 2. The van der Waals surface area contributed by atoms with Gasteiger partial charge in [-0.2, -0.15) is 0 Å². The standard InChI is InChI=1S/C12H14N2O6/c15-7(5-13-9(17)1-2-10(13)18)8(16)6-14-11(19)3-4-12(14)20/h1-4,7-9,15-17H,5-6H2. The third kappa shape index (κ3) is 2.77. The lowest BCUT2D eigenvalue weighted by atomic mass is 10.1. The van der Waals surface area contributed by atoms with Crippen molar-refractivity contribution in [3.8, 4) is 0 Å². The largest absolute Gasteiger partial charge is 0.388 e. The molecule has 3 unspecified atom stereocenters. The summed E-state index contributed by atoms with van der Waals surface area (Å²) in [6, 6.07) is 0. The number of rotatable bonds is 5. The SMILES string of the molecule is O=C1C=CC(=O)N1CC(O)C(O)CN1C(=O)C=CC1O. The van der Waals surface area contributed by atoms with E-state index in [-0.39, 0.29) is 13.1 Å². The summed E-state index contributed by atoms with van der Waals surface area (Å²) in [6.07, 6.45) is 0.581. The third-order valence-electron chi connectivity index (χ3n) is 3.11. The minimum absolute atomic E-state index is 0.308. The minimum Gasteiger partial charge on any atom is -0.388 e. The summed E-state index contributed by atoms with van der Waals surface area (Å²) in [7, 11) is 0. The van der Waals surface area contributed by atoms with Gasteiger partial charge in [0.25, 0.3) is 11.8 Å². The molecule has 2 rings (SSSR count). The average molecular weight is 282 g/mol. The molecule has 108 valence electrons. The smallest absolute Gasteiger partial charge is 0.253 e. The van der Waals surface area contributed by atoms with Crippen molar-refractivity contribution in [2.45, 2.75) is 18.4 Å². The van der Waals surface area contributed by atoms with Crippen LogP contribution in [0.1, 0.15) is 0 Å². The van der Waals surface area contributed by atoms with Crippen LogP contribution in [0.15, 0.2) is 24.3 Å². The van der Waals surface area contributed by atoms with E-state index in [9.17, 15) is 29.7 Å². The third-order valence-corrected chi connectivity index (χ3v) is 3.11. The maximum atomic E-state index is 11.3. The number of aliphatic hydroxyl groups excluding tert-OH is 3. The zero-order valence-electron chi connectivity index (χ0n) is 10.4. The van der Waals surface area contributed by atoms with Crippen LogP contribution in [-0.4, -0.2) is 74.4 Å². The van der Waals surface area contributed by atoms with Gasteiger partial charge in [0, 0.05) is 18.2 Å². The molecule has 0 aromatic carbocycles. The molecular weight excluding hydrogens is 268 g/mol. The number of hydrogen-bond donors (Lipinski definition) is 3. The van der Waals surface area contributed by atoms with Gasteiger partial charge in [0.2, 0.25) is 5.91 Å². The Kier molecular flexibility index (Phi) is 3.98. The molecule has 0 spiro atoms. The van der Waals surface area contributed by atoms with Crippen molar-refractivity contribution in [2.24, 2.45) is 0 Å². The van der Waals surface area contributed by atoms with Gasteiger partial charge in [0.1, 0.15) is 6.23 Å². The molecule has 0 aromatic heterocycles. The first-order valence-corrected chi connectivity index (χ1v) is 5.96. The van der Waals surface area contributed by atoms with Crippen molar-refractivity contribution >= 4 is 17.7 Å². The first-order valence-electron chi connectivity index (χ1n) is 5.96. The molecule has 20 heavy (non-hydrogen) atoms. The van der Waals surface area contributed by atoms with Crippen LogP contribution in [0.3, 0.4) is 0 Å². The topological polar surface area (TPSA) is 118 Å². The van der Waals surface area contributed by atoms with Crippen LogP contribution in [0.5, 0.6) is 0 Å². The highest BCUT2D eigenvalue weighted by atomic mass is 16.3. The molecule has 0 aliphatic carbocycles. The van der Waals surface area contributed by atoms with Gasteiger partial charge < -0.3 is 20.2 Å². The molecule has 3 N–H and O–H groups in total.